The summed E-state index contributed by atoms with van der Waals surface area (Å²) in [5.74, 6) is 0.509. The number of ketones is 1. The van der Waals surface area contributed by atoms with Crippen LogP contribution in [0.1, 0.15) is 26.8 Å². The van der Waals surface area contributed by atoms with Crippen LogP contribution in [0.3, 0.4) is 0 Å². The molecule has 0 aliphatic carbocycles. The molecule has 0 bridgehead atoms. The van der Waals surface area contributed by atoms with Crippen LogP contribution in [0.4, 0.5) is 0 Å². The van der Waals surface area contributed by atoms with E-state index in [4.69, 9.17) is 9.84 Å². The predicted octanol–water partition coefficient (Wildman–Crippen LogP) is 3.77. The molecular formula is C23H22N4O3. The zero-order valence-electron chi connectivity index (χ0n) is 17.1. The lowest BCUT2D eigenvalue weighted by atomic mass is 10.0. The van der Waals surface area contributed by atoms with Crippen LogP contribution in [-0.2, 0) is 4.79 Å². The van der Waals surface area contributed by atoms with Crippen LogP contribution >= 0.6 is 0 Å². The van der Waals surface area contributed by atoms with Gasteiger partial charge < -0.3 is 4.74 Å². The van der Waals surface area contributed by atoms with E-state index < -0.39 is 0 Å². The van der Waals surface area contributed by atoms with Gasteiger partial charge in [0.2, 0.25) is 0 Å². The summed E-state index contributed by atoms with van der Waals surface area (Å²) in [6, 6.07) is 16.6. The maximum atomic E-state index is 12.2. The van der Waals surface area contributed by atoms with Crippen molar-refractivity contribution in [2.75, 3.05) is 6.61 Å². The molecule has 0 atom stereocenters. The summed E-state index contributed by atoms with van der Waals surface area (Å²) in [6.45, 7) is 5.32. The fourth-order valence-electron chi connectivity index (χ4n) is 3.28. The smallest absolute Gasteiger partial charge is 0.267 e. The summed E-state index contributed by atoms with van der Waals surface area (Å²) < 4.78 is 8.81. The van der Waals surface area contributed by atoms with Crippen molar-refractivity contribution in [1.82, 2.24) is 19.4 Å². The second kappa shape index (κ2) is 7.94. The number of benzene rings is 1. The first-order valence-corrected chi connectivity index (χ1v) is 9.74. The van der Waals surface area contributed by atoms with E-state index >= 15 is 0 Å². The maximum absolute atomic E-state index is 12.2. The molecule has 0 spiro atoms. The van der Waals surface area contributed by atoms with Gasteiger partial charge in [-0.3, -0.25) is 9.59 Å². The zero-order chi connectivity index (χ0) is 21.3. The molecule has 0 radical (unpaired) electrons. The summed E-state index contributed by atoms with van der Waals surface area (Å²) in [5, 5.41) is 9.37. The van der Waals surface area contributed by atoms with E-state index in [9.17, 15) is 9.59 Å². The van der Waals surface area contributed by atoms with Crippen molar-refractivity contribution in [1.29, 1.82) is 0 Å². The zero-order valence-corrected chi connectivity index (χ0v) is 17.1. The topological polar surface area (TPSA) is 78.5 Å². The number of nitrogens with zero attached hydrogens (tertiary/aromatic N) is 4. The van der Waals surface area contributed by atoms with E-state index in [-0.39, 0.29) is 24.0 Å². The molecule has 0 N–H and O–H groups in total. The third kappa shape index (κ3) is 3.74. The Hall–Kier alpha value is -3.74. The molecule has 3 heterocycles. The molecule has 7 nitrogen and oxygen atoms in total. The Labute approximate surface area is 173 Å². The number of pyridine rings is 1. The number of aromatic nitrogens is 4. The molecule has 0 aliphatic rings. The lowest BCUT2D eigenvalue weighted by Crippen LogP contribution is -2.23. The van der Waals surface area contributed by atoms with E-state index in [0.29, 0.717) is 11.4 Å². The van der Waals surface area contributed by atoms with Crippen molar-refractivity contribution < 1.29 is 9.53 Å². The van der Waals surface area contributed by atoms with E-state index in [1.54, 1.807) is 22.8 Å². The van der Waals surface area contributed by atoms with Crippen molar-refractivity contribution in [3.8, 4) is 28.3 Å². The van der Waals surface area contributed by atoms with Gasteiger partial charge in [0.25, 0.3) is 5.56 Å². The highest BCUT2D eigenvalue weighted by Crippen LogP contribution is 2.35. The first-order chi connectivity index (χ1) is 14.4. The lowest BCUT2D eigenvalue weighted by molar-refractivity contribution is -0.118. The summed E-state index contributed by atoms with van der Waals surface area (Å²) in [6.07, 6.45) is 1.79. The SMILES string of the molecule is CC(=O)COc1ccn2nc(-c3ccccc3)c(-c3ccc(=O)n(C(C)C)n3)c2c1. The Kier molecular flexibility index (Phi) is 5.18. The van der Waals surface area contributed by atoms with Crippen molar-refractivity contribution in [3.63, 3.8) is 0 Å². The van der Waals surface area contributed by atoms with E-state index in [0.717, 1.165) is 22.3 Å². The van der Waals surface area contributed by atoms with Crippen LogP contribution in [0, 0.1) is 0 Å². The maximum Gasteiger partial charge on any atom is 0.267 e. The first kappa shape index (κ1) is 19.6. The summed E-state index contributed by atoms with van der Waals surface area (Å²) in [7, 11) is 0. The molecule has 3 aromatic heterocycles. The van der Waals surface area contributed by atoms with Crippen LogP contribution in [0.2, 0.25) is 0 Å². The van der Waals surface area contributed by atoms with Gasteiger partial charge in [0.05, 0.1) is 22.8 Å². The molecule has 4 rings (SSSR count). The molecule has 152 valence electrons. The molecular weight excluding hydrogens is 380 g/mol. The molecule has 0 amide bonds. The first-order valence-electron chi connectivity index (χ1n) is 9.74. The number of fused-ring (bicyclic) bond motifs is 1. The number of Topliss-reactive ketones (excluding diaryl/α,β-unsaturated/α-hetero) is 1. The third-order valence-electron chi connectivity index (χ3n) is 4.67. The van der Waals surface area contributed by atoms with Gasteiger partial charge in [-0.15, -0.1) is 0 Å². The fraction of sp³-hybridized carbons (Fsp3) is 0.217. The monoisotopic (exact) mass is 402 g/mol. The van der Waals surface area contributed by atoms with Gasteiger partial charge in [0.1, 0.15) is 18.1 Å². The third-order valence-corrected chi connectivity index (χ3v) is 4.67. The Morgan fingerprint density at radius 2 is 1.83 bits per heavy atom. The minimum absolute atomic E-state index is 0.00165. The van der Waals surface area contributed by atoms with Gasteiger partial charge in [0, 0.05) is 23.9 Å². The van der Waals surface area contributed by atoms with Crippen molar-refractivity contribution in [2.45, 2.75) is 26.8 Å². The van der Waals surface area contributed by atoms with Gasteiger partial charge in [-0.25, -0.2) is 9.20 Å². The minimum Gasteiger partial charge on any atom is -0.486 e. The van der Waals surface area contributed by atoms with Crippen molar-refractivity contribution in [2.24, 2.45) is 0 Å². The number of hydrogen-bond acceptors (Lipinski definition) is 5. The van der Waals surface area contributed by atoms with Crippen LogP contribution in [0.15, 0.2) is 65.6 Å². The largest absolute Gasteiger partial charge is 0.486 e. The van der Waals surface area contributed by atoms with E-state index in [1.165, 1.54) is 17.7 Å². The number of hydrogen-bond donors (Lipinski definition) is 0. The lowest BCUT2D eigenvalue weighted by Gasteiger charge is -2.11. The number of carbonyl (C=O) groups excluding carboxylic acids is 1. The Morgan fingerprint density at radius 3 is 2.53 bits per heavy atom. The fourth-order valence-corrected chi connectivity index (χ4v) is 3.28. The van der Waals surface area contributed by atoms with Gasteiger partial charge in [-0.1, -0.05) is 30.3 Å². The summed E-state index contributed by atoms with van der Waals surface area (Å²) in [4.78, 5) is 23.5. The molecule has 0 saturated heterocycles. The molecule has 30 heavy (non-hydrogen) atoms. The highest BCUT2D eigenvalue weighted by atomic mass is 16.5. The van der Waals surface area contributed by atoms with Gasteiger partial charge in [0.15, 0.2) is 5.78 Å². The Morgan fingerprint density at radius 1 is 1.07 bits per heavy atom. The van der Waals surface area contributed by atoms with Crippen LogP contribution in [0.25, 0.3) is 28.0 Å². The quantitative estimate of drug-likeness (QED) is 0.491. The van der Waals surface area contributed by atoms with Crippen molar-refractivity contribution in [3.05, 3.63) is 71.1 Å². The number of ether oxygens (including phenoxy) is 1. The second-order valence-corrected chi connectivity index (χ2v) is 7.37. The molecule has 1 aromatic carbocycles. The molecule has 0 aliphatic heterocycles. The van der Waals surface area contributed by atoms with Crippen LogP contribution in [-0.4, -0.2) is 31.8 Å². The normalized spacial score (nSPS) is 11.2. The second-order valence-electron chi connectivity index (χ2n) is 7.37. The molecule has 0 fully saturated rings. The molecule has 0 saturated carbocycles. The van der Waals surface area contributed by atoms with Gasteiger partial charge in [-0.05, 0) is 32.9 Å². The predicted molar refractivity (Wildman–Crippen MR) is 115 cm³/mol. The molecule has 0 unspecified atom stereocenters. The van der Waals surface area contributed by atoms with Gasteiger partial charge >= 0.3 is 0 Å². The number of carbonyl (C=O) groups is 1. The highest BCUT2D eigenvalue weighted by Gasteiger charge is 2.19. The summed E-state index contributed by atoms with van der Waals surface area (Å²) >= 11 is 0. The highest BCUT2D eigenvalue weighted by molar-refractivity contribution is 5.91. The van der Waals surface area contributed by atoms with Crippen LogP contribution < -0.4 is 10.3 Å². The number of rotatable bonds is 6. The standard InChI is InChI=1S/C23H22N4O3/c1-15(2)27-21(29)10-9-19(24-27)22-20-13-18(30-14-16(3)28)11-12-26(20)25-23(22)17-7-5-4-6-8-17/h4-13,15H,14H2,1-3H3. The molecule has 4 aromatic rings. The van der Waals surface area contributed by atoms with Crippen LogP contribution in [0.5, 0.6) is 5.75 Å². The Balaban J connectivity index is 1.96. The summed E-state index contributed by atoms with van der Waals surface area (Å²) in [5.41, 5.74) is 3.74. The molecule has 7 heteroatoms. The average Bonchev–Trinajstić information content (AvgIpc) is 3.12. The van der Waals surface area contributed by atoms with Gasteiger partial charge in [-0.2, -0.15) is 10.2 Å². The van der Waals surface area contributed by atoms with E-state index in [2.05, 4.69) is 5.10 Å². The minimum atomic E-state index is -0.156. The average molecular weight is 402 g/mol. The van der Waals surface area contributed by atoms with Crippen molar-refractivity contribution >= 4 is 11.3 Å². The Bertz CT molecular complexity index is 1270. The van der Waals surface area contributed by atoms with E-state index in [1.807, 2.05) is 50.2 Å².